The number of fused-ring (bicyclic) bond motifs is 2. The second-order valence-electron chi connectivity index (χ2n) is 12.2. The first-order chi connectivity index (χ1) is 20.4. The molecule has 2 aromatic carbocycles. The topological polar surface area (TPSA) is 99.3 Å². The Labute approximate surface area is 258 Å². The van der Waals surface area contributed by atoms with Gasteiger partial charge in [-0.3, -0.25) is 14.5 Å². The van der Waals surface area contributed by atoms with E-state index in [0.717, 1.165) is 17.0 Å². The molecule has 0 unspecified atom stereocenters. The Kier molecular flexibility index (Phi) is 7.58. The van der Waals surface area contributed by atoms with Crippen LogP contribution in [0.3, 0.4) is 0 Å². The van der Waals surface area contributed by atoms with E-state index in [1.807, 2.05) is 0 Å². The number of halogens is 5. The van der Waals surface area contributed by atoms with Crippen LogP contribution in [-0.4, -0.2) is 75.6 Å². The number of amides is 5. The van der Waals surface area contributed by atoms with E-state index < -0.39 is 78.8 Å². The molecule has 44 heavy (non-hydrogen) atoms. The van der Waals surface area contributed by atoms with Crippen molar-refractivity contribution in [3.63, 3.8) is 0 Å². The fourth-order valence-electron chi connectivity index (χ4n) is 5.78. The minimum Gasteiger partial charge on any atom is -0.444 e. The van der Waals surface area contributed by atoms with Gasteiger partial charge in [0.25, 0.3) is 5.91 Å². The number of urea groups is 1. The largest absolute Gasteiger partial charge is 0.444 e. The van der Waals surface area contributed by atoms with E-state index >= 15 is 0 Å². The highest BCUT2D eigenvalue weighted by Crippen LogP contribution is 2.48. The van der Waals surface area contributed by atoms with Crippen LogP contribution in [0.15, 0.2) is 53.5 Å². The van der Waals surface area contributed by atoms with E-state index in [2.05, 4.69) is 27.8 Å². The third-order valence-electron chi connectivity index (χ3n) is 7.93. The van der Waals surface area contributed by atoms with Gasteiger partial charge in [0.1, 0.15) is 18.0 Å². The highest BCUT2D eigenvalue weighted by Gasteiger charge is 2.68. The highest BCUT2D eigenvalue weighted by molar-refractivity contribution is 9.10. The van der Waals surface area contributed by atoms with Crippen molar-refractivity contribution in [3.05, 3.63) is 76.0 Å². The van der Waals surface area contributed by atoms with Crippen molar-refractivity contribution < 1.29 is 41.5 Å². The molecule has 1 aliphatic carbocycles. The number of hydrogen-bond donors (Lipinski definition) is 1. The molecule has 1 atom stereocenters. The van der Waals surface area contributed by atoms with E-state index in [4.69, 9.17) is 4.74 Å². The lowest BCUT2D eigenvalue weighted by Crippen LogP contribution is -2.78. The molecular formula is C30H29BrF4N4O5. The number of nitrogens with zero attached hydrogens (tertiary/aromatic N) is 3. The number of imide groups is 1. The molecule has 5 amide bonds. The van der Waals surface area contributed by atoms with Gasteiger partial charge in [-0.25, -0.2) is 14.0 Å². The lowest BCUT2D eigenvalue weighted by molar-refractivity contribution is -0.267. The Morgan fingerprint density at radius 2 is 1.73 bits per heavy atom. The van der Waals surface area contributed by atoms with Gasteiger partial charge in [0.15, 0.2) is 11.1 Å². The van der Waals surface area contributed by atoms with Crippen LogP contribution in [0.2, 0.25) is 0 Å². The van der Waals surface area contributed by atoms with Crippen molar-refractivity contribution in [1.29, 1.82) is 0 Å². The van der Waals surface area contributed by atoms with Crippen LogP contribution in [0.1, 0.15) is 43.9 Å². The molecule has 2 saturated heterocycles. The zero-order chi connectivity index (χ0) is 32.4. The lowest BCUT2D eigenvalue weighted by atomic mass is 9.86. The van der Waals surface area contributed by atoms with Crippen LogP contribution < -0.4 is 5.32 Å². The molecule has 0 radical (unpaired) electrons. The number of carbonyl (C=O) groups excluding carboxylic acids is 4. The average Bonchev–Trinajstić information content (AvgIpc) is 3.28. The lowest BCUT2D eigenvalue weighted by Gasteiger charge is -2.55. The van der Waals surface area contributed by atoms with Crippen LogP contribution >= 0.6 is 15.9 Å². The van der Waals surface area contributed by atoms with E-state index in [-0.39, 0.29) is 12.0 Å². The van der Waals surface area contributed by atoms with Gasteiger partial charge >= 0.3 is 18.3 Å². The molecule has 0 bridgehead atoms. The number of rotatable bonds is 5. The second kappa shape index (κ2) is 10.6. The van der Waals surface area contributed by atoms with Gasteiger partial charge in [-0.1, -0.05) is 40.7 Å². The van der Waals surface area contributed by atoms with Crippen LogP contribution in [-0.2, 0) is 26.4 Å². The first-order valence-corrected chi connectivity index (χ1v) is 14.4. The molecule has 0 saturated carbocycles. The summed E-state index contributed by atoms with van der Waals surface area (Å²) in [6.45, 7) is 5.16. The SMILES string of the molecule is C=C1C[C@]2(NC(=O)N(CC(=O)N(Cc3ccc(F)cc3)C3(C(F)(F)F)CN(C(=O)OC(C)(C)C)C3)C2=O)c2ccc(Br)cc21. The number of hydrogen-bond acceptors (Lipinski definition) is 5. The molecule has 234 valence electrons. The third-order valence-corrected chi connectivity index (χ3v) is 8.42. The molecule has 0 aromatic heterocycles. The van der Waals surface area contributed by atoms with Crippen LogP contribution in [0, 0.1) is 5.82 Å². The number of carbonyl (C=O) groups is 4. The van der Waals surface area contributed by atoms with Crippen molar-refractivity contribution in [2.24, 2.45) is 0 Å². The van der Waals surface area contributed by atoms with E-state index in [1.165, 1.54) is 12.1 Å². The maximum Gasteiger partial charge on any atom is 0.415 e. The number of likely N-dealkylation sites (tertiary alicyclic amines) is 1. The summed E-state index contributed by atoms with van der Waals surface area (Å²) in [5.41, 5.74) is -3.58. The summed E-state index contributed by atoms with van der Waals surface area (Å²) >= 11 is 3.36. The fourth-order valence-corrected chi connectivity index (χ4v) is 6.14. The molecule has 2 heterocycles. The normalized spacial score (nSPS) is 20.9. The minimum absolute atomic E-state index is 0.0185. The summed E-state index contributed by atoms with van der Waals surface area (Å²) in [4.78, 5) is 55.2. The zero-order valence-corrected chi connectivity index (χ0v) is 25.6. The van der Waals surface area contributed by atoms with Gasteiger partial charge < -0.3 is 19.9 Å². The summed E-state index contributed by atoms with van der Waals surface area (Å²) in [6.07, 6.45) is -6.01. The molecule has 9 nitrogen and oxygen atoms in total. The summed E-state index contributed by atoms with van der Waals surface area (Å²) in [5, 5.41) is 2.63. The molecule has 2 fully saturated rings. The van der Waals surface area contributed by atoms with E-state index in [9.17, 15) is 36.7 Å². The fraction of sp³-hybridized carbons (Fsp3) is 0.400. The van der Waals surface area contributed by atoms with Gasteiger partial charge in [-0.05, 0) is 67.3 Å². The van der Waals surface area contributed by atoms with Crippen molar-refractivity contribution in [1.82, 2.24) is 20.0 Å². The van der Waals surface area contributed by atoms with Gasteiger partial charge in [0, 0.05) is 17.4 Å². The minimum atomic E-state index is -5.03. The summed E-state index contributed by atoms with van der Waals surface area (Å²) in [5.74, 6) is -2.62. The maximum absolute atomic E-state index is 14.9. The second-order valence-corrected chi connectivity index (χ2v) is 13.1. The molecule has 3 aliphatic rings. The molecule has 1 spiro atoms. The number of benzene rings is 2. The standard InChI is InChI=1S/C30H29BrF4N4O5/c1-17-12-29(22-10-7-19(31)11-21(17)22)24(41)38(25(42)36-29)14-23(40)39(13-18-5-8-20(32)9-6-18)28(30(33,34)35)15-37(16-28)26(43)44-27(2,3)4/h5-11H,1,12-16H2,2-4H3,(H,36,42)/t29-/m0/s1. The predicted molar refractivity (Wildman–Crippen MR) is 153 cm³/mol. The van der Waals surface area contributed by atoms with E-state index in [0.29, 0.717) is 31.0 Å². The molecule has 5 rings (SSSR count). The number of nitrogens with one attached hydrogen (secondary N) is 1. The van der Waals surface area contributed by atoms with Crippen LogP contribution in [0.5, 0.6) is 0 Å². The molecule has 1 N–H and O–H groups in total. The van der Waals surface area contributed by atoms with Gasteiger partial charge in [0.05, 0.1) is 13.1 Å². The monoisotopic (exact) mass is 680 g/mol. The van der Waals surface area contributed by atoms with Gasteiger partial charge in [-0.15, -0.1) is 0 Å². The average molecular weight is 681 g/mol. The Morgan fingerprint density at radius 3 is 2.32 bits per heavy atom. The number of alkyl halides is 3. The first-order valence-electron chi connectivity index (χ1n) is 13.6. The summed E-state index contributed by atoms with van der Waals surface area (Å²) in [6, 6.07) is 8.64. The number of ether oxygens (including phenoxy) is 1. The summed E-state index contributed by atoms with van der Waals surface area (Å²) < 4.78 is 64.1. The molecule has 2 aromatic rings. The van der Waals surface area contributed by atoms with Crippen LogP contribution in [0.4, 0.5) is 27.2 Å². The molecular weight excluding hydrogens is 652 g/mol. The Bertz CT molecular complexity index is 1570. The predicted octanol–water partition coefficient (Wildman–Crippen LogP) is 5.33. The van der Waals surface area contributed by atoms with Crippen molar-refractivity contribution >= 4 is 45.4 Å². The Hall–Kier alpha value is -3.94. The smallest absolute Gasteiger partial charge is 0.415 e. The van der Waals surface area contributed by atoms with Crippen LogP contribution in [0.25, 0.3) is 5.57 Å². The van der Waals surface area contributed by atoms with Crippen molar-refractivity contribution in [3.8, 4) is 0 Å². The Morgan fingerprint density at radius 1 is 1.09 bits per heavy atom. The Balaban J connectivity index is 1.46. The van der Waals surface area contributed by atoms with Crippen molar-refractivity contribution in [2.75, 3.05) is 19.6 Å². The quantitative estimate of drug-likeness (QED) is 0.340. The zero-order valence-electron chi connectivity index (χ0n) is 24.1. The van der Waals surface area contributed by atoms with E-state index in [1.54, 1.807) is 39.0 Å². The van der Waals surface area contributed by atoms with Crippen molar-refractivity contribution in [2.45, 2.75) is 56.6 Å². The van der Waals surface area contributed by atoms with Gasteiger partial charge in [-0.2, -0.15) is 13.2 Å². The molecule has 2 aliphatic heterocycles. The maximum atomic E-state index is 14.9. The third kappa shape index (κ3) is 5.33. The highest BCUT2D eigenvalue weighted by atomic mass is 79.9. The van der Waals surface area contributed by atoms with Gasteiger partial charge in [0.2, 0.25) is 5.91 Å². The summed E-state index contributed by atoms with van der Waals surface area (Å²) in [7, 11) is 0. The molecule has 14 heteroatoms. The first kappa shape index (κ1) is 31.5.